The van der Waals surface area contributed by atoms with Crippen LogP contribution in [0.15, 0.2) is 0 Å². The Labute approximate surface area is 133 Å². The van der Waals surface area contributed by atoms with Crippen LogP contribution in [-0.2, 0) is 9.53 Å². The van der Waals surface area contributed by atoms with E-state index in [-0.39, 0.29) is 23.7 Å². The Balaban J connectivity index is 1.76. The fourth-order valence-electron chi connectivity index (χ4n) is 6.68. The molecule has 0 unspecified atom stereocenters. The van der Waals surface area contributed by atoms with Crippen LogP contribution < -0.4 is 0 Å². The van der Waals surface area contributed by atoms with Gasteiger partial charge in [0.2, 0.25) is 0 Å². The van der Waals surface area contributed by atoms with Gasteiger partial charge in [-0.15, -0.1) is 0 Å². The van der Waals surface area contributed by atoms with Crippen LogP contribution in [0.5, 0.6) is 0 Å². The van der Waals surface area contributed by atoms with E-state index >= 15 is 0 Å². The first kappa shape index (κ1) is 14.9. The Morgan fingerprint density at radius 2 is 1.91 bits per heavy atom. The predicted molar refractivity (Wildman–Crippen MR) is 83.2 cm³/mol. The Kier molecular flexibility index (Phi) is 3.53. The summed E-state index contributed by atoms with van der Waals surface area (Å²) in [6.45, 7) is 6.12. The van der Waals surface area contributed by atoms with E-state index in [1.54, 1.807) is 0 Å². The lowest BCUT2D eigenvalue weighted by atomic mass is 9.47. The topological polar surface area (TPSA) is 49.8 Å². The molecule has 2 saturated heterocycles. The number of carbonyl (C=O) groups excluding carboxylic acids is 1. The van der Waals surface area contributed by atoms with E-state index < -0.39 is 0 Å². The van der Waals surface area contributed by atoms with E-state index in [1.165, 1.54) is 45.7 Å². The smallest absolute Gasteiger partial charge is 0.302 e. The molecule has 4 fully saturated rings. The number of piperidine rings is 2. The van der Waals surface area contributed by atoms with Gasteiger partial charge in [0.25, 0.3) is 0 Å². The van der Waals surface area contributed by atoms with Gasteiger partial charge in [0, 0.05) is 18.4 Å². The van der Waals surface area contributed by atoms with E-state index in [4.69, 9.17) is 4.74 Å². The number of aliphatic hydroxyl groups excluding tert-OH is 1. The van der Waals surface area contributed by atoms with Gasteiger partial charge in [0.15, 0.2) is 0 Å². The molecule has 1 N–H and O–H groups in total. The minimum atomic E-state index is -0.225. The van der Waals surface area contributed by atoms with Crippen LogP contribution in [0.3, 0.4) is 0 Å². The van der Waals surface area contributed by atoms with Crippen LogP contribution in [-0.4, -0.2) is 46.8 Å². The SMILES string of the molecule is CC(=O)O[C@@H]1C[C@@H]2[C@@H](O)[C@H](C)C[C@@]34[C@@H]1CCCN3CCC[C@@H]24. The van der Waals surface area contributed by atoms with Crippen LogP contribution in [0.4, 0.5) is 0 Å². The van der Waals surface area contributed by atoms with Crippen molar-refractivity contribution in [2.75, 3.05) is 13.1 Å². The average molecular weight is 307 g/mol. The van der Waals surface area contributed by atoms with Crippen molar-refractivity contribution in [2.24, 2.45) is 23.7 Å². The number of carbonyl (C=O) groups is 1. The second-order valence-electron chi connectivity index (χ2n) is 8.20. The number of nitrogens with zero attached hydrogens (tertiary/aromatic N) is 1. The van der Waals surface area contributed by atoms with Crippen molar-refractivity contribution in [1.29, 1.82) is 0 Å². The van der Waals surface area contributed by atoms with Gasteiger partial charge < -0.3 is 9.84 Å². The summed E-state index contributed by atoms with van der Waals surface area (Å²) in [6, 6.07) is 0. The van der Waals surface area contributed by atoms with E-state index in [0.717, 1.165) is 12.8 Å². The summed E-state index contributed by atoms with van der Waals surface area (Å²) in [5.74, 6) is 1.59. The van der Waals surface area contributed by atoms with Crippen molar-refractivity contribution >= 4 is 5.97 Å². The number of rotatable bonds is 1. The van der Waals surface area contributed by atoms with Gasteiger partial charge in [-0.3, -0.25) is 9.69 Å². The van der Waals surface area contributed by atoms with Crippen molar-refractivity contribution in [3.05, 3.63) is 0 Å². The molecule has 4 nitrogen and oxygen atoms in total. The first-order chi connectivity index (χ1) is 10.5. The lowest BCUT2D eigenvalue weighted by molar-refractivity contribution is -0.229. The molecule has 2 heterocycles. The van der Waals surface area contributed by atoms with E-state index in [2.05, 4.69) is 11.8 Å². The van der Waals surface area contributed by atoms with Crippen molar-refractivity contribution < 1.29 is 14.6 Å². The zero-order valence-electron chi connectivity index (χ0n) is 13.8. The summed E-state index contributed by atoms with van der Waals surface area (Å²) in [6.07, 6.45) is 6.65. The van der Waals surface area contributed by atoms with Crippen LogP contribution in [0.25, 0.3) is 0 Å². The van der Waals surface area contributed by atoms with Crippen LogP contribution in [0, 0.1) is 23.7 Å². The maximum absolute atomic E-state index is 11.6. The molecule has 0 aromatic carbocycles. The number of ether oxygens (including phenoxy) is 1. The van der Waals surface area contributed by atoms with E-state index in [9.17, 15) is 9.90 Å². The molecule has 0 radical (unpaired) electrons. The lowest BCUT2D eigenvalue weighted by Crippen LogP contribution is -2.74. The number of aliphatic hydroxyl groups is 1. The molecule has 2 bridgehead atoms. The van der Waals surface area contributed by atoms with Crippen LogP contribution >= 0.6 is 0 Å². The number of hydrogen-bond acceptors (Lipinski definition) is 4. The Morgan fingerprint density at radius 3 is 2.59 bits per heavy atom. The molecular weight excluding hydrogens is 278 g/mol. The molecule has 7 atom stereocenters. The minimum Gasteiger partial charge on any atom is -0.462 e. The minimum absolute atomic E-state index is 0.0156. The molecule has 4 rings (SSSR count). The molecule has 2 aliphatic carbocycles. The Hall–Kier alpha value is -0.610. The van der Waals surface area contributed by atoms with Crippen LogP contribution in [0.1, 0.15) is 52.4 Å². The van der Waals surface area contributed by atoms with Gasteiger partial charge in [-0.1, -0.05) is 6.92 Å². The predicted octanol–water partition coefficient (Wildman–Crippen LogP) is 2.20. The van der Waals surface area contributed by atoms with Gasteiger partial charge in [-0.2, -0.15) is 0 Å². The van der Waals surface area contributed by atoms with Crippen molar-refractivity contribution in [2.45, 2.75) is 70.1 Å². The summed E-state index contributed by atoms with van der Waals surface area (Å²) >= 11 is 0. The summed E-state index contributed by atoms with van der Waals surface area (Å²) in [5.41, 5.74) is 0.193. The van der Waals surface area contributed by atoms with Gasteiger partial charge >= 0.3 is 5.97 Å². The highest BCUT2D eigenvalue weighted by molar-refractivity contribution is 5.66. The van der Waals surface area contributed by atoms with Crippen molar-refractivity contribution in [3.63, 3.8) is 0 Å². The maximum Gasteiger partial charge on any atom is 0.302 e. The van der Waals surface area contributed by atoms with Crippen molar-refractivity contribution in [1.82, 2.24) is 4.90 Å². The zero-order chi connectivity index (χ0) is 15.5. The molecule has 1 spiro atoms. The van der Waals surface area contributed by atoms with E-state index in [0.29, 0.717) is 23.7 Å². The average Bonchev–Trinajstić information content (AvgIpc) is 2.47. The fraction of sp³-hybridized carbons (Fsp3) is 0.944. The third-order valence-electron chi connectivity index (χ3n) is 7.22. The third kappa shape index (κ3) is 1.92. The molecule has 2 saturated carbocycles. The fourth-order valence-corrected chi connectivity index (χ4v) is 6.68. The first-order valence-electron chi connectivity index (χ1n) is 9.14. The normalized spacial score (nSPS) is 51.0. The zero-order valence-corrected chi connectivity index (χ0v) is 13.8. The summed E-state index contributed by atoms with van der Waals surface area (Å²) in [5, 5.41) is 10.8. The van der Waals surface area contributed by atoms with Gasteiger partial charge in [0.1, 0.15) is 6.10 Å². The highest BCUT2D eigenvalue weighted by Gasteiger charge is 2.65. The second kappa shape index (κ2) is 5.20. The van der Waals surface area contributed by atoms with Gasteiger partial charge in [-0.25, -0.2) is 0 Å². The molecule has 0 aromatic rings. The quantitative estimate of drug-likeness (QED) is 0.755. The Morgan fingerprint density at radius 1 is 1.23 bits per heavy atom. The molecule has 4 aliphatic rings. The van der Waals surface area contributed by atoms with Gasteiger partial charge in [0.05, 0.1) is 6.10 Å². The van der Waals surface area contributed by atoms with Gasteiger partial charge in [-0.05, 0) is 69.4 Å². The monoisotopic (exact) mass is 307 g/mol. The highest BCUT2D eigenvalue weighted by atomic mass is 16.5. The number of esters is 1. The molecule has 22 heavy (non-hydrogen) atoms. The lowest BCUT2D eigenvalue weighted by Gasteiger charge is -2.68. The molecular formula is C18H29NO3. The second-order valence-corrected chi connectivity index (χ2v) is 8.20. The number of hydrogen-bond donors (Lipinski definition) is 1. The molecule has 2 aliphatic heterocycles. The Bertz CT molecular complexity index is 465. The summed E-state index contributed by atoms with van der Waals surface area (Å²) in [4.78, 5) is 14.3. The van der Waals surface area contributed by atoms with Crippen LogP contribution in [0.2, 0.25) is 0 Å². The third-order valence-corrected chi connectivity index (χ3v) is 7.22. The molecule has 4 heteroatoms. The largest absolute Gasteiger partial charge is 0.462 e. The molecule has 0 amide bonds. The highest BCUT2D eigenvalue weighted by Crippen LogP contribution is 2.60. The van der Waals surface area contributed by atoms with Crippen molar-refractivity contribution in [3.8, 4) is 0 Å². The summed E-state index contributed by atoms with van der Waals surface area (Å²) < 4.78 is 5.76. The standard InChI is InChI=1S/C18H29NO3/c1-11-10-18-14-5-3-7-19(18)8-4-6-15(18)16(22-12(2)20)9-13(14)17(11)21/h11,13-17,21H,3-10H2,1-2H3/t11-,13+,14+,15-,16-,17+,18-/m1/s1. The maximum atomic E-state index is 11.6. The molecule has 0 aromatic heterocycles. The van der Waals surface area contributed by atoms with E-state index in [1.807, 2.05) is 0 Å². The summed E-state index contributed by atoms with van der Waals surface area (Å²) in [7, 11) is 0. The first-order valence-corrected chi connectivity index (χ1v) is 9.14. The molecule has 124 valence electrons.